The Labute approximate surface area is 133 Å². The van der Waals surface area contributed by atoms with E-state index < -0.39 is 0 Å². The van der Waals surface area contributed by atoms with Crippen LogP contribution in [0.15, 0.2) is 30.3 Å². The summed E-state index contributed by atoms with van der Waals surface area (Å²) in [7, 11) is 0. The molecule has 6 heteroatoms. The number of hydrogen-bond acceptors (Lipinski definition) is 3. The van der Waals surface area contributed by atoms with Crippen molar-refractivity contribution in [2.75, 3.05) is 0 Å². The largest absolute Gasteiger partial charge is 0.410 e. The standard InChI is InChI=1S/C9H12N2O2.C6H4Cl2/c1-2-11-9(13-6-12)5-8(10-11)7-3-4-7;7-5-3-1-2-4-6(5)8/h5-7H,2-4H2,1H3;1-4H. The van der Waals surface area contributed by atoms with E-state index in [9.17, 15) is 4.79 Å². The number of carbonyl (C=O) groups is 1. The second kappa shape index (κ2) is 7.48. The molecule has 0 spiro atoms. The molecule has 21 heavy (non-hydrogen) atoms. The van der Waals surface area contributed by atoms with Gasteiger partial charge in [-0.15, -0.1) is 0 Å². The van der Waals surface area contributed by atoms with Crippen molar-refractivity contribution in [3.63, 3.8) is 0 Å². The van der Waals surface area contributed by atoms with Crippen LogP contribution in [0.25, 0.3) is 0 Å². The monoisotopic (exact) mass is 326 g/mol. The average molecular weight is 327 g/mol. The molecule has 0 saturated heterocycles. The molecule has 4 nitrogen and oxygen atoms in total. The minimum Gasteiger partial charge on any atom is -0.410 e. The van der Waals surface area contributed by atoms with Crippen LogP contribution < -0.4 is 4.74 Å². The molecule has 1 fully saturated rings. The summed E-state index contributed by atoms with van der Waals surface area (Å²) in [5.41, 5.74) is 1.05. The van der Waals surface area contributed by atoms with Crippen molar-refractivity contribution in [3.05, 3.63) is 46.1 Å². The molecule has 0 radical (unpaired) electrons. The lowest BCUT2D eigenvalue weighted by Gasteiger charge is -1.98. The third-order valence-corrected chi connectivity index (χ3v) is 3.81. The zero-order chi connectivity index (χ0) is 15.2. The predicted octanol–water partition coefficient (Wildman–Crippen LogP) is 4.31. The normalized spacial score (nSPS) is 13.3. The van der Waals surface area contributed by atoms with Gasteiger partial charge in [0.1, 0.15) is 0 Å². The van der Waals surface area contributed by atoms with Gasteiger partial charge in [0, 0.05) is 18.5 Å². The number of aromatic nitrogens is 2. The van der Waals surface area contributed by atoms with Crippen LogP contribution in [-0.2, 0) is 11.3 Å². The third kappa shape index (κ3) is 4.48. The Hall–Kier alpha value is -1.52. The Balaban J connectivity index is 0.000000173. The van der Waals surface area contributed by atoms with Gasteiger partial charge in [-0.25, -0.2) is 4.68 Å². The number of benzene rings is 1. The molecule has 0 N–H and O–H groups in total. The van der Waals surface area contributed by atoms with Crippen LogP contribution in [0.5, 0.6) is 5.88 Å². The third-order valence-electron chi connectivity index (χ3n) is 3.05. The maximum absolute atomic E-state index is 10.2. The van der Waals surface area contributed by atoms with Crippen LogP contribution in [0.4, 0.5) is 0 Å². The van der Waals surface area contributed by atoms with E-state index in [1.165, 1.54) is 12.8 Å². The van der Waals surface area contributed by atoms with Crippen LogP contribution >= 0.6 is 23.2 Å². The fourth-order valence-electron chi connectivity index (χ4n) is 1.81. The highest BCUT2D eigenvalue weighted by Gasteiger charge is 2.27. The number of rotatable bonds is 4. The van der Waals surface area contributed by atoms with Crippen molar-refractivity contribution in [3.8, 4) is 5.88 Å². The van der Waals surface area contributed by atoms with Gasteiger partial charge in [0.15, 0.2) is 0 Å². The first-order valence-corrected chi connectivity index (χ1v) is 7.49. The van der Waals surface area contributed by atoms with Crippen molar-refractivity contribution < 1.29 is 9.53 Å². The molecule has 0 amide bonds. The van der Waals surface area contributed by atoms with E-state index in [0.29, 0.717) is 28.3 Å². The number of ether oxygens (including phenoxy) is 1. The van der Waals surface area contributed by atoms with Gasteiger partial charge in [-0.2, -0.15) is 5.10 Å². The lowest BCUT2D eigenvalue weighted by molar-refractivity contribution is -0.121. The molecule has 1 aromatic heterocycles. The molecule has 2 aromatic rings. The fraction of sp³-hybridized carbons (Fsp3) is 0.333. The van der Waals surface area contributed by atoms with E-state index in [1.54, 1.807) is 16.8 Å². The predicted molar refractivity (Wildman–Crippen MR) is 83.0 cm³/mol. The Morgan fingerprint density at radius 3 is 2.38 bits per heavy atom. The highest BCUT2D eigenvalue weighted by atomic mass is 35.5. The van der Waals surface area contributed by atoms with E-state index in [1.807, 2.05) is 25.1 Å². The fourth-order valence-corrected chi connectivity index (χ4v) is 2.08. The maximum Gasteiger partial charge on any atom is 0.299 e. The summed E-state index contributed by atoms with van der Waals surface area (Å²) in [6.45, 7) is 3.15. The first-order chi connectivity index (χ1) is 10.2. The smallest absolute Gasteiger partial charge is 0.299 e. The Morgan fingerprint density at radius 1 is 1.33 bits per heavy atom. The van der Waals surface area contributed by atoms with E-state index in [-0.39, 0.29) is 0 Å². The lowest BCUT2D eigenvalue weighted by atomic mass is 10.3. The van der Waals surface area contributed by atoms with E-state index in [4.69, 9.17) is 27.9 Å². The van der Waals surface area contributed by atoms with Gasteiger partial charge in [0.05, 0.1) is 15.7 Å². The van der Waals surface area contributed by atoms with E-state index >= 15 is 0 Å². The molecular formula is C15H16Cl2N2O2. The quantitative estimate of drug-likeness (QED) is 0.786. The minimum absolute atomic E-state index is 0.444. The van der Waals surface area contributed by atoms with Crippen molar-refractivity contribution >= 4 is 29.7 Å². The second-order valence-corrected chi connectivity index (χ2v) is 5.44. The van der Waals surface area contributed by atoms with Gasteiger partial charge in [-0.05, 0) is 31.9 Å². The van der Waals surface area contributed by atoms with Gasteiger partial charge in [0.2, 0.25) is 5.88 Å². The second-order valence-electron chi connectivity index (χ2n) is 4.63. The molecule has 1 aromatic carbocycles. The SMILES string of the molecule is CCn1nc(C2CC2)cc1OC=O.Clc1ccccc1Cl. The summed E-state index contributed by atoms with van der Waals surface area (Å²) in [6.07, 6.45) is 2.42. The highest BCUT2D eigenvalue weighted by Crippen LogP contribution is 2.40. The average Bonchev–Trinajstić information content (AvgIpc) is 3.25. The Bertz CT molecular complexity index is 588. The molecule has 0 atom stereocenters. The van der Waals surface area contributed by atoms with Crippen LogP contribution in [0.1, 0.15) is 31.4 Å². The van der Waals surface area contributed by atoms with E-state index in [2.05, 4.69) is 5.10 Å². The Kier molecular flexibility index (Phi) is 5.65. The molecule has 112 valence electrons. The van der Waals surface area contributed by atoms with Gasteiger partial charge in [-0.1, -0.05) is 35.3 Å². The molecule has 1 heterocycles. The lowest BCUT2D eigenvalue weighted by Crippen LogP contribution is -2.01. The number of hydrogen-bond donors (Lipinski definition) is 0. The maximum atomic E-state index is 10.2. The summed E-state index contributed by atoms with van der Waals surface area (Å²) < 4.78 is 6.52. The summed E-state index contributed by atoms with van der Waals surface area (Å²) in [5, 5.41) is 5.55. The van der Waals surface area contributed by atoms with E-state index in [0.717, 1.165) is 12.2 Å². The van der Waals surface area contributed by atoms with Crippen molar-refractivity contribution in [2.45, 2.75) is 32.2 Å². The molecule has 3 rings (SSSR count). The minimum atomic E-state index is 0.444. The summed E-state index contributed by atoms with van der Waals surface area (Å²) >= 11 is 11.2. The van der Waals surface area contributed by atoms with Gasteiger partial charge < -0.3 is 4.74 Å². The zero-order valence-corrected chi connectivity index (χ0v) is 13.1. The van der Waals surface area contributed by atoms with Crippen LogP contribution in [-0.4, -0.2) is 16.3 Å². The molecule has 1 saturated carbocycles. The topological polar surface area (TPSA) is 44.1 Å². The number of halogens is 2. The molecule has 0 aliphatic heterocycles. The van der Waals surface area contributed by atoms with Gasteiger partial charge in [-0.3, -0.25) is 4.79 Å². The van der Waals surface area contributed by atoms with Gasteiger partial charge in [0.25, 0.3) is 6.47 Å². The summed E-state index contributed by atoms with van der Waals surface area (Å²) in [5.74, 6) is 1.15. The van der Waals surface area contributed by atoms with Gasteiger partial charge >= 0.3 is 0 Å². The molecular weight excluding hydrogens is 311 g/mol. The number of aryl methyl sites for hydroxylation is 1. The van der Waals surface area contributed by atoms with Crippen molar-refractivity contribution in [2.24, 2.45) is 0 Å². The summed E-state index contributed by atoms with van der Waals surface area (Å²) in [6, 6.07) is 9.05. The molecule has 1 aliphatic rings. The highest BCUT2D eigenvalue weighted by molar-refractivity contribution is 6.41. The summed E-state index contributed by atoms with van der Waals surface area (Å²) in [4.78, 5) is 10.2. The van der Waals surface area contributed by atoms with Crippen LogP contribution in [0, 0.1) is 0 Å². The molecule has 1 aliphatic carbocycles. The zero-order valence-electron chi connectivity index (χ0n) is 11.6. The van der Waals surface area contributed by atoms with Crippen molar-refractivity contribution in [1.82, 2.24) is 9.78 Å². The first-order valence-electron chi connectivity index (χ1n) is 6.73. The Morgan fingerprint density at radius 2 is 1.95 bits per heavy atom. The number of carbonyl (C=O) groups excluding carboxylic acids is 1. The number of nitrogens with zero attached hydrogens (tertiary/aromatic N) is 2. The first kappa shape index (κ1) is 15.9. The van der Waals surface area contributed by atoms with Crippen LogP contribution in [0.2, 0.25) is 10.0 Å². The molecule has 0 bridgehead atoms. The van der Waals surface area contributed by atoms with Crippen LogP contribution in [0.3, 0.4) is 0 Å². The molecule has 0 unspecified atom stereocenters. The van der Waals surface area contributed by atoms with Crippen molar-refractivity contribution in [1.29, 1.82) is 0 Å².